The standard InChI is InChI=1S/C17H20FNO2/c1-12(2)19-11-13-6-4-9-16(18)17(13)21-15-8-5-7-14(10-15)20-3/h4-10,12,19H,11H2,1-3H3. The van der Waals surface area contributed by atoms with Crippen molar-refractivity contribution in [2.75, 3.05) is 7.11 Å². The number of ether oxygens (including phenoxy) is 2. The lowest BCUT2D eigenvalue weighted by atomic mass is 10.2. The number of rotatable bonds is 6. The molecule has 0 atom stereocenters. The lowest BCUT2D eigenvalue weighted by Crippen LogP contribution is -2.22. The summed E-state index contributed by atoms with van der Waals surface area (Å²) in [6.07, 6.45) is 0. The van der Waals surface area contributed by atoms with E-state index in [1.807, 2.05) is 26.0 Å². The van der Waals surface area contributed by atoms with E-state index in [-0.39, 0.29) is 11.6 Å². The highest BCUT2D eigenvalue weighted by molar-refractivity contribution is 5.41. The summed E-state index contributed by atoms with van der Waals surface area (Å²) in [5.41, 5.74) is 0.784. The summed E-state index contributed by atoms with van der Waals surface area (Å²) < 4.78 is 24.9. The Labute approximate surface area is 124 Å². The summed E-state index contributed by atoms with van der Waals surface area (Å²) in [4.78, 5) is 0. The van der Waals surface area contributed by atoms with Crippen molar-refractivity contribution in [3.63, 3.8) is 0 Å². The van der Waals surface area contributed by atoms with Gasteiger partial charge in [-0.15, -0.1) is 0 Å². The maximum absolute atomic E-state index is 14.1. The predicted molar refractivity (Wildman–Crippen MR) is 81.4 cm³/mol. The van der Waals surface area contributed by atoms with Crippen LogP contribution < -0.4 is 14.8 Å². The lowest BCUT2D eigenvalue weighted by molar-refractivity contribution is 0.403. The zero-order valence-electron chi connectivity index (χ0n) is 12.5. The molecule has 2 aromatic rings. The molecule has 112 valence electrons. The van der Waals surface area contributed by atoms with Crippen LogP contribution in [0.4, 0.5) is 4.39 Å². The molecule has 0 aliphatic carbocycles. The van der Waals surface area contributed by atoms with Crippen molar-refractivity contribution in [2.45, 2.75) is 26.4 Å². The largest absolute Gasteiger partial charge is 0.497 e. The van der Waals surface area contributed by atoms with Gasteiger partial charge in [-0.25, -0.2) is 4.39 Å². The molecule has 0 aliphatic rings. The minimum absolute atomic E-state index is 0.249. The van der Waals surface area contributed by atoms with Crippen LogP contribution in [0, 0.1) is 5.82 Å². The van der Waals surface area contributed by atoms with Gasteiger partial charge >= 0.3 is 0 Å². The Hall–Kier alpha value is -2.07. The first-order chi connectivity index (χ1) is 10.1. The molecule has 0 spiro atoms. The van der Waals surface area contributed by atoms with Gasteiger partial charge in [-0.3, -0.25) is 0 Å². The fourth-order valence-corrected chi connectivity index (χ4v) is 1.90. The van der Waals surface area contributed by atoms with Crippen LogP contribution in [0.5, 0.6) is 17.2 Å². The highest BCUT2D eigenvalue weighted by atomic mass is 19.1. The van der Waals surface area contributed by atoms with E-state index < -0.39 is 0 Å². The van der Waals surface area contributed by atoms with Crippen LogP contribution in [0.1, 0.15) is 19.4 Å². The molecule has 0 radical (unpaired) electrons. The molecule has 4 heteroatoms. The van der Waals surface area contributed by atoms with Gasteiger partial charge in [-0.05, 0) is 18.2 Å². The number of nitrogens with one attached hydrogen (secondary N) is 1. The van der Waals surface area contributed by atoms with Crippen molar-refractivity contribution in [1.29, 1.82) is 0 Å². The van der Waals surface area contributed by atoms with E-state index in [2.05, 4.69) is 5.32 Å². The van der Waals surface area contributed by atoms with Crippen molar-refractivity contribution >= 4 is 0 Å². The van der Waals surface area contributed by atoms with E-state index in [9.17, 15) is 4.39 Å². The lowest BCUT2D eigenvalue weighted by Gasteiger charge is -2.14. The van der Waals surface area contributed by atoms with E-state index >= 15 is 0 Å². The molecule has 0 fully saturated rings. The van der Waals surface area contributed by atoms with E-state index in [0.717, 1.165) is 5.56 Å². The fourth-order valence-electron chi connectivity index (χ4n) is 1.90. The summed E-state index contributed by atoms with van der Waals surface area (Å²) in [6.45, 7) is 4.64. The van der Waals surface area contributed by atoms with Crippen LogP contribution in [-0.4, -0.2) is 13.2 Å². The van der Waals surface area contributed by atoms with E-state index in [1.165, 1.54) is 6.07 Å². The van der Waals surface area contributed by atoms with Crippen molar-refractivity contribution < 1.29 is 13.9 Å². The molecule has 0 aromatic heterocycles. The molecule has 0 amide bonds. The third kappa shape index (κ3) is 4.20. The molecule has 0 bridgehead atoms. The van der Waals surface area contributed by atoms with Gasteiger partial charge in [0.25, 0.3) is 0 Å². The molecule has 21 heavy (non-hydrogen) atoms. The average molecular weight is 289 g/mol. The van der Waals surface area contributed by atoms with Crippen LogP contribution in [0.2, 0.25) is 0 Å². The maximum atomic E-state index is 14.1. The van der Waals surface area contributed by atoms with Gasteiger partial charge in [0.15, 0.2) is 11.6 Å². The summed E-state index contributed by atoms with van der Waals surface area (Å²) in [5.74, 6) is 1.09. The van der Waals surface area contributed by atoms with Gasteiger partial charge in [0.2, 0.25) is 0 Å². The van der Waals surface area contributed by atoms with Gasteiger partial charge in [0.05, 0.1) is 7.11 Å². The van der Waals surface area contributed by atoms with Crippen molar-refractivity contribution in [3.05, 3.63) is 53.8 Å². The number of benzene rings is 2. The molecule has 2 aromatic carbocycles. The molecular formula is C17H20FNO2. The van der Waals surface area contributed by atoms with E-state index in [0.29, 0.717) is 24.1 Å². The molecule has 1 N–H and O–H groups in total. The van der Waals surface area contributed by atoms with E-state index in [1.54, 1.807) is 31.4 Å². The number of halogens is 1. The summed E-state index contributed by atoms with van der Waals surface area (Å²) in [7, 11) is 1.58. The Morgan fingerprint density at radius 2 is 1.81 bits per heavy atom. The van der Waals surface area contributed by atoms with Gasteiger partial charge < -0.3 is 14.8 Å². The van der Waals surface area contributed by atoms with Gasteiger partial charge in [-0.1, -0.05) is 32.0 Å². The molecular weight excluding hydrogens is 269 g/mol. The minimum Gasteiger partial charge on any atom is -0.497 e. The molecule has 0 saturated carbocycles. The quantitative estimate of drug-likeness (QED) is 0.867. The van der Waals surface area contributed by atoms with Gasteiger partial charge in [-0.2, -0.15) is 0 Å². The second-order valence-electron chi connectivity index (χ2n) is 5.04. The summed E-state index contributed by atoms with van der Waals surface area (Å²) in [5, 5.41) is 3.27. The first kappa shape index (κ1) is 15.3. The maximum Gasteiger partial charge on any atom is 0.167 e. The minimum atomic E-state index is -0.374. The number of hydrogen-bond donors (Lipinski definition) is 1. The summed E-state index contributed by atoms with van der Waals surface area (Å²) in [6, 6.07) is 12.4. The zero-order valence-corrected chi connectivity index (χ0v) is 12.5. The molecule has 2 rings (SSSR count). The number of para-hydroxylation sites is 1. The van der Waals surface area contributed by atoms with Gasteiger partial charge in [0, 0.05) is 24.2 Å². The Morgan fingerprint density at radius 1 is 1.10 bits per heavy atom. The summed E-state index contributed by atoms with van der Waals surface area (Å²) >= 11 is 0. The Bertz CT molecular complexity index is 599. The molecule has 0 saturated heterocycles. The number of methoxy groups -OCH3 is 1. The van der Waals surface area contributed by atoms with Gasteiger partial charge in [0.1, 0.15) is 11.5 Å². The second-order valence-corrected chi connectivity index (χ2v) is 5.04. The smallest absolute Gasteiger partial charge is 0.167 e. The van der Waals surface area contributed by atoms with Crippen LogP contribution in [-0.2, 0) is 6.54 Å². The van der Waals surface area contributed by atoms with Crippen LogP contribution in [0.15, 0.2) is 42.5 Å². The first-order valence-corrected chi connectivity index (χ1v) is 6.93. The molecule has 3 nitrogen and oxygen atoms in total. The Kier molecular flexibility index (Phi) is 5.17. The highest BCUT2D eigenvalue weighted by Gasteiger charge is 2.11. The topological polar surface area (TPSA) is 30.5 Å². The third-order valence-electron chi connectivity index (χ3n) is 3.01. The van der Waals surface area contributed by atoms with Crippen molar-refractivity contribution in [2.24, 2.45) is 0 Å². The third-order valence-corrected chi connectivity index (χ3v) is 3.01. The monoisotopic (exact) mass is 289 g/mol. The van der Waals surface area contributed by atoms with Crippen LogP contribution >= 0.6 is 0 Å². The van der Waals surface area contributed by atoms with Crippen LogP contribution in [0.25, 0.3) is 0 Å². The predicted octanol–water partition coefficient (Wildman–Crippen LogP) is 4.12. The molecule has 0 unspecified atom stereocenters. The average Bonchev–Trinajstić information content (AvgIpc) is 2.48. The van der Waals surface area contributed by atoms with E-state index in [4.69, 9.17) is 9.47 Å². The second kappa shape index (κ2) is 7.09. The zero-order chi connectivity index (χ0) is 15.2. The molecule has 0 heterocycles. The normalized spacial score (nSPS) is 10.7. The van der Waals surface area contributed by atoms with Crippen molar-refractivity contribution in [3.8, 4) is 17.2 Å². The van der Waals surface area contributed by atoms with Crippen molar-refractivity contribution in [1.82, 2.24) is 5.32 Å². The number of hydrogen-bond acceptors (Lipinski definition) is 3. The molecule has 0 aliphatic heterocycles. The first-order valence-electron chi connectivity index (χ1n) is 6.93. The SMILES string of the molecule is COc1cccc(Oc2c(F)cccc2CNC(C)C)c1. The Morgan fingerprint density at radius 3 is 2.52 bits per heavy atom. The van der Waals surface area contributed by atoms with Crippen LogP contribution in [0.3, 0.4) is 0 Å². The Balaban J connectivity index is 2.25. The highest BCUT2D eigenvalue weighted by Crippen LogP contribution is 2.30. The fraction of sp³-hybridized carbons (Fsp3) is 0.294.